The Morgan fingerprint density at radius 3 is 2.86 bits per heavy atom. The summed E-state index contributed by atoms with van der Waals surface area (Å²) in [6, 6.07) is 2.02. The van der Waals surface area contributed by atoms with Crippen molar-refractivity contribution < 1.29 is 4.42 Å². The largest absolute Gasteiger partial charge is 0.469 e. The number of furan rings is 1. The number of nitrogens with zero attached hydrogens (tertiary/aromatic N) is 1. The second kappa shape index (κ2) is 5.94. The Kier molecular flexibility index (Phi) is 4.84. The number of hydrogen-bond acceptors (Lipinski definition) is 3. The highest BCUT2D eigenvalue weighted by Crippen LogP contribution is 2.10. The third-order valence-electron chi connectivity index (χ3n) is 2.10. The molecule has 0 bridgehead atoms. The maximum absolute atomic E-state index is 5.23. The van der Waals surface area contributed by atoms with E-state index in [4.69, 9.17) is 4.42 Å². The molecule has 0 atom stereocenters. The van der Waals surface area contributed by atoms with Crippen molar-refractivity contribution in [3.8, 4) is 0 Å². The highest BCUT2D eigenvalue weighted by atomic mass is 32.1. The highest BCUT2D eigenvalue weighted by Gasteiger charge is 2.03. The van der Waals surface area contributed by atoms with Crippen LogP contribution in [0.15, 0.2) is 28.9 Å². The van der Waals surface area contributed by atoms with Crippen LogP contribution in [-0.2, 0) is 6.54 Å². The first kappa shape index (κ1) is 11.4. The number of hydrogen-bond donors (Lipinski definition) is 1. The summed E-state index contributed by atoms with van der Waals surface area (Å²) in [6.45, 7) is 3.87. The molecule has 0 fully saturated rings. The molecule has 14 heavy (non-hydrogen) atoms. The quantitative estimate of drug-likeness (QED) is 0.595. The minimum atomic E-state index is 0.804. The van der Waals surface area contributed by atoms with Gasteiger partial charge in [0.05, 0.1) is 6.26 Å². The van der Waals surface area contributed by atoms with Crippen molar-refractivity contribution in [3.05, 3.63) is 35.8 Å². The van der Waals surface area contributed by atoms with Crippen LogP contribution >= 0.6 is 12.6 Å². The third-order valence-corrected chi connectivity index (χ3v) is 2.31. The van der Waals surface area contributed by atoms with Crippen LogP contribution < -0.4 is 0 Å². The Hall–Kier alpha value is -0.670. The Labute approximate surface area is 91.0 Å². The molecule has 1 rings (SSSR count). The molecular formula is C11H17NOS. The molecule has 78 valence electrons. The Morgan fingerprint density at radius 1 is 1.50 bits per heavy atom. The van der Waals surface area contributed by atoms with Gasteiger partial charge in [0.2, 0.25) is 0 Å². The Bertz CT molecular complexity index is 293. The summed E-state index contributed by atoms with van der Waals surface area (Å²) in [7, 11) is 2.09. The molecule has 0 saturated heterocycles. The molecule has 0 unspecified atom stereocenters. The lowest BCUT2D eigenvalue weighted by Crippen LogP contribution is -2.17. The van der Waals surface area contributed by atoms with Gasteiger partial charge in [-0.25, -0.2) is 0 Å². The van der Waals surface area contributed by atoms with E-state index >= 15 is 0 Å². The fourth-order valence-corrected chi connectivity index (χ4v) is 1.41. The highest BCUT2D eigenvalue weighted by molar-refractivity contribution is 7.80. The van der Waals surface area contributed by atoms with E-state index in [1.54, 1.807) is 6.26 Å². The van der Waals surface area contributed by atoms with Crippen molar-refractivity contribution in [1.29, 1.82) is 0 Å². The van der Waals surface area contributed by atoms with Gasteiger partial charge in [-0.2, -0.15) is 12.6 Å². The van der Waals surface area contributed by atoms with Crippen LogP contribution in [0.4, 0.5) is 0 Å². The van der Waals surface area contributed by atoms with E-state index in [2.05, 4.69) is 36.7 Å². The van der Waals surface area contributed by atoms with Crippen molar-refractivity contribution in [3.63, 3.8) is 0 Å². The topological polar surface area (TPSA) is 16.4 Å². The molecule has 0 saturated carbocycles. The van der Waals surface area contributed by atoms with Gasteiger partial charge >= 0.3 is 0 Å². The molecule has 0 N–H and O–H groups in total. The molecule has 0 aromatic carbocycles. The second-order valence-corrected chi connectivity index (χ2v) is 3.72. The Morgan fingerprint density at radius 2 is 2.29 bits per heavy atom. The van der Waals surface area contributed by atoms with Crippen LogP contribution in [0, 0.1) is 6.92 Å². The summed E-state index contributed by atoms with van der Waals surface area (Å²) in [5.74, 6) is 1.81. The van der Waals surface area contributed by atoms with Gasteiger partial charge in [-0.1, -0.05) is 12.2 Å². The summed E-state index contributed by atoms with van der Waals surface area (Å²) >= 11 is 4.11. The average molecular weight is 211 g/mol. The summed E-state index contributed by atoms with van der Waals surface area (Å²) in [6.07, 6.45) is 5.92. The fraction of sp³-hybridized carbons (Fsp3) is 0.455. The fourth-order valence-electron chi connectivity index (χ4n) is 1.26. The van der Waals surface area contributed by atoms with Gasteiger partial charge in [-0.15, -0.1) is 0 Å². The minimum absolute atomic E-state index is 0.804. The molecule has 2 nitrogen and oxygen atoms in total. The van der Waals surface area contributed by atoms with Crippen molar-refractivity contribution in [2.45, 2.75) is 13.5 Å². The van der Waals surface area contributed by atoms with Crippen molar-refractivity contribution in [1.82, 2.24) is 4.90 Å². The maximum atomic E-state index is 5.23. The van der Waals surface area contributed by atoms with E-state index in [0.717, 1.165) is 24.6 Å². The third kappa shape index (κ3) is 3.60. The van der Waals surface area contributed by atoms with Crippen LogP contribution in [0.3, 0.4) is 0 Å². The standard InChI is InChI=1S/C11H17NOS/c1-10-11(5-7-13-10)9-12(2)6-3-4-8-14/h3-5,7,14H,6,8-9H2,1-2H3. The number of aryl methyl sites for hydroxylation is 1. The molecule has 0 amide bonds. The van der Waals surface area contributed by atoms with Crippen LogP contribution in [-0.4, -0.2) is 24.2 Å². The molecule has 1 aromatic rings. The van der Waals surface area contributed by atoms with Crippen molar-refractivity contribution >= 4 is 12.6 Å². The van der Waals surface area contributed by atoms with Crippen LogP contribution in [0.2, 0.25) is 0 Å². The van der Waals surface area contributed by atoms with Crippen LogP contribution in [0.5, 0.6) is 0 Å². The van der Waals surface area contributed by atoms with E-state index in [1.807, 2.05) is 13.0 Å². The average Bonchev–Trinajstić information content (AvgIpc) is 2.52. The predicted molar refractivity (Wildman–Crippen MR) is 62.8 cm³/mol. The molecule has 0 aliphatic carbocycles. The van der Waals surface area contributed by atoms with E-state index in [9.17, 15) is 0 Å². The molecule has 0 spiro atoms. The summed E-state index contributed by atoms with van der Waals surface area (Å²) in [4.78, 5) is 2.23. The SMILES string of the molecule is Cc1occc1CN(C)CC=CCS. The molecule has 1 aromatic heterocycles. The zero-order chi connectivity index (χ0) is 10.4. The van der Waals surface area contributed by atoms with Gasteiger partial charge in [-0.3, -0.25) is 4.90 Å². The first-order valence-electron chi connectivity index (χ1n) is 4.71. The van der Waals surface area contributed by atoms with Crippen LogP contribution in [0.25, 0.3) is 0 Å². The molecule has 3 heteroatoms. The van der Waals surface area contributed by atoms with Gasteiger partial charge in [-0.05, 0) is 20.0 Å². The summed E-state index contributed by atoms with van der Waals surface area (Å²) < 4.78 is 5.23. The minimum Gasteiger partial charge on any atom is -0.469 e. The second-order valence-electron chi connectivity index (χ2n) is 3.35. The first-order valence-corrected chi connectivity index (χ1v) is 5.34. The van der Waals surface area contributed by atoms with Crippen molar-refractivity contribution in [2.75, 3.05) is 19.3 Å². The van der Waals surface area contributed by atoms with Gasteiger partial charge in [0.15, 0.2) is 0 Å². The zero-order valence-corrected chi connectivity index (χ0v) is 9.63. The Balaban J connectivity index is 2.37. The molecule has 1 heterocycles. The lowest BCUT2D eigenvalue weighted by Gasteiger charge is -2.13. The number of thiol groups is 1. The van der Waals surface area contributed by atoms with E-state index < -0.39 is 0 Å². The van der Waals surface area contributed by atoms with E-state index in [-0.39, 0.29) is 0 Å². The lowest BCUT2D eigenvalue weighted by molar-refractivity contribution is 0.359. The molecular weight excluding hydrogens is 194 g/mol. The van der Waals surface area contributed by atoms with Crippen LogP contribution in [0.1, 0.15) is 11.3 Å². The van der Waals surface area contributed by atoms with Crippen molar-refractivity contribution in [2.24, 2.45) is 0 Å². The summed E-state index contributed by atoms with van der Waals surface area (Å²) in [5, 5.41) is 0. The van der Waals surface area contributed by atoms with Gasteiger partial charge in [0.25, 0.3) is 0 Å². The summed E-state index contributed by atoms with van der Waals surface area (Å²) in [5.41, 5.74) is 1.26. The lowest BCUT2D eigenvalue weighted by atomic mass is 10.2. The number of likely N-dealkylation sites (N-methyl/N-ethyl adjacent to an activating group) is 1. The molecule has 0 aliphatic rings. The predicted octanol–water partition coefficient (Wildman–Crippen LogP) is 2.51. The smallest absolute Gasteiger partial charge is 0.105 e. The molecule has 0 radical (unpaired) electrons. The van der Waals surface area contributed by atoms with E-state index in [1.165, 1.54) is 5.56 Å². The number of rotatable bonds is 5. The van der Waals surface area contributed by atoms with E-state index in [0.29, 0.717) is 0 Å². The maximum Gasteiger partial charge on any atom is 0.105 e. The normalized spacial score (nSPS) is 11.7. The van der Waals surface area contributed by atoms with Gasteiger partial charge in [0.1, 0.15) is 5.76 Å². The zero-order valence-electron chi connectivity index (χ0n) is 8.73. The van der Waals surface area contributed by atoms with Gasteiger partial charge < -0.3 is 4.42 Å². The molecule has 0 aliphatic heterocycles. The monoisotopic (exact) mass is 211 g/mol. The van der Waals surface area contributed by atoms with Gasteiger partial charge in [0, 0.05) is 24.4 Å². The first-order chi connectivity index (χ1) is 6.74.